The topological polar surface area (TPSA) is 79.5 Å². The predicted octanol–water partition coefficient (Wildman–Crippen LogP) is 5.16. The molecule has 0 spiro atoms. The van der Waals surface area contributed by atoms with Crippen LogP contribution in [0.1, 0.15) is 101 Å². The first kappa shape index (κ1) is 22.3. The number of hydrogen-bond acceptors (Lipinski definition) is 4. The summed E-state index contributed by atoms with van der Waals surface area (Å²) in [4.78, 5) is 23.2. The number of aromatic nitrogens is 1. The Labute approximate surface area is 157 Å². The van der Waals surface area contributed by atoms with E-state index in [4.69, 9.17) is 0 Å². The van der Waals surface area contributed by atoms with Gasteiger partial charge in [-0.2, -0.15) is 0 Å². The van der Waals surface area contributed by atoms with Gasteiger partial charge in [-0.25, -0.2) is 0 Å². The number of carbonyl (C=O) groups excluding carboxylic acids is 1. The number of carbonyl (C=O) groups is 1. The molecule has 5 nitrogen and oxygen atoms in total. The zero-order valence-electron chi connectivity index (χ0n) is 16.4. The zero-order valence-corrected chi connectivity index (χ0v) is 16.4. The molecule has 1 aromatic rings. The first-order chi connectivity index (χ1) is 12.5. The van der Waals surface area contributed by atoms with Crippen LogP contribution in [0.4, 0.5) is 0 Å². The van der Waals surface area contributed by atoms with Crippen molar-refractivity contribution in [3.63, 3.8) is 0 Å². The van der Waals surface area contributed by atoms with Crippen molar-refractivity contribution in [1.29, 1.82) is 0 Å². The van der Waals surface area contributed by atoms with E-state index >= 15 is 0 Å². The summed E-state index contributed by atoms with van der Waals surface area (Å²) < 4.78 is 1.49. The Morgan fingerprint density at radius 1 is 0.885 bits per heavy atom. The van der Waals surface area contributed by atoms with Gasteiger partial charge in [-0.15, -0.1) is 0 Å². The molecule has 0 saturated heterocycles. The van der Waals surface area contributed by atoms with Gasteiger partial charge in [-0.05, 0) is 6.42 Å². The highest BCUT2D eigenvalue weighted by atomic mass is 16.3. The second-order valence-corrected chi connectivity index (χ2v) is 7.18. The number of Topliss-reactive ketones (excluding diaryl/α,β-unsaturated/α-hetero) is 1. The molecule has 26 heavy (non-hydrogen) atoms. The molecule has 0 radical (unpaired) electrons. The van der Waals surface area contributed by atoms with Gasteiger partial charge in [0.2, 0.25) is 0 Å². The van der Waals surface area contributed by atoms with Crippen molar-refractivity contribution in [3.8, 4) is 11.5 Å². The third kappa shape index (κ3) is 7.63. The molecular weight excluding hydrogens is 330 g/mol. The van der Waals surface area contributed by atoms with Crippen LogP contribution in [0.2, 0.25) is 0 Å². The third-order valence-electron chi connectivity index (χ3n) is 4.82. The van der Waals surface area contributed by atoms with Crippen LogP contribution in [-0.4, -0.2) is 20.6 Å². The standard InChI is InChI=1S/C21H35NO4/c1-3-4-5-6-7-8-9-10-11-12-13-14-15-22-16-18(24)20(25)21(26)19(22)17(2)23/h16,24,26H,3-15H2,1-2H3. The van der Waals surface area contributed by atoms with E-state index in [9.17, 15) is 19.8 Å². The van der Waals surface area contributed by atoms with Crippen molar-refractivity contribution in [2.45, 2.75) is 97.4 Å². The van der Waals surface area contributed by atoms with E-state index in [1.807, 2.05) is 0 Å². The summed E-state index contributed by atoms with van der Waals surface area (Å²) in [6.07, 6.45) is 16.1. The average molecular weight is 366 g/mol. The number of hydrogen-bond donors (Lipinski definition) is 2. The number of aryl methyl sites for hydroxylation is 1. The maximum atomic E-state index is 11.7. The molecule has 0 unspecified atom stereocenters. The lowest BCUT2D eigenvalue weighted by atomic mass is 10.1. The Bertz CT molecular complexity index is 607. The van der Waals surface area contributed by atoms with Gasteiger partial charge in [0.15, 0.2) is 17.3 Å². The molecule has 1 rings (SSSR count). The molecule has 5 heteroatoms. The van der Waals surface area contributed by atoms with Crippen molar-refractivity contribution in [3.05, 3.63) is 22.1 Å². The number of aromatic hydroxyl groups is 2. The maximum Gasteiger partial charge on any atom is 0.265 e. The molecule has 0 saturated carbocycles. The molecule has 0 atom stereocenters. The number of ketones is 1. The highest BCUT2D eigenvalue weighted by Gasteiger charge is 2.17. The fourth-order valence-corrected chi connectivity index (χ4v) is 3.30. The van der Waals surface area contributed by atoms with E-state index in [1.54, 1.807) is 0 Å². The van der Waals surface area contributed by atoms with Crippen LogP contribution in [0.5, 0.6) is 11.5 Å². The first-order valence-electron chi connectivity index (χ1n) is 10.1. The van der Waals surface area contributed by atoms with Crippen molar-refractivity contribution in [1.82, 2.24) is 4.57 Å². The van der Waals surface area contributed by atoms with E-state index in [0.29, 0.717) is 6.54 Å². The number of unbranched alkanes of at least 4 members (excludes halogenated alkanes) is 11. The molecule has 148 valence electrons. The van der Waals surface area contributed by atoms with Crippen LogP contribution in [0.3, 0.4) is 0 Å². The van der Waals surface area contributed by atoms with Crippen LogP contribution in [0.25, 0.3) is 0 Å². The summed E-state index contributed by atoms with van der Waals surface area (Å²) in [5.74, 6) is -1.55. The SMILES string of the molecule is CCCCCCCCCCCCCCn1cc(O)c(=O)c(O)c1C(C)=O. The van der Waals surface area contributed by atoms with E-state index in [0.717, 1.165) is 19.3 Å². The molecule has 0 bridgehead atoms. The summed E-state index contributed by atoms with van der Waals surface area (Å²) in [5, 5.41) is 19.4. The van der Waals surface area contributed by atoms with Crippen LogP contribution < -0.4 is 5.43 Å². The quantitative estimate of drug-likeness (QED) is 0.352. The Morgan fingerprint density at radius 2 is 1.35 bits per heavy atom. The molecule has 0 aliphatic heterocycles. The molecule has 0 aliphatic carbocycles. The number of pyridine rings is 1. The minimum absolute atomic E-state index is 0.0177. The third-order valence-corrected chi connectivity index (χ3v) is 4.82. The number of nitrogens with zero attached hydrogens (tertiary/aromatic N) is 1. The summed E-state index contributed by atoms with van der Waals surface area (Å²) in [6.45, 7) is 4.06. The van der Waals surface area contributed by atoms with Crippen molar-refractivity contribution >= 4 is 5.78 Å². The van der Waals surface area contributed by atoms with Gasteiger partial charge in [0.05, 0.1) is 6.20 Å². The zero-order chi connectivity index (χ0) is 19.4. The fourth-order valence-electron chi connectivity index (χ4n) is 3.30. The smallest absolute Gasteiger partial charge is 0.265 e. The lowest BCUT2D eigenvalue weighted by Gasteiger charge is -2.13. The minimum atomic E-state index is -0.888. The van der Waals surface area contributed by atoms with E-state index in [1.165, 1.54) is 75.5 Å². The van der Waals surface area contributed by atoms with Gasteiger partial charge in [-0.1, -0.05) is 77.6 Å². The Morgan fingerprint density at radius 3 is 1.81 bits per heavy atom. The minimum Gasteiger partial charge on any atom is -0.503 e. The van der Waals surface area contributed by atoms with E-state index < -0.39 is 16.9 Å². The second kappa shape index (κ2) is 12.6. The van der Waals surface area contributed by atoms with Gasteiger partial charge in [0.25, 0.3) is 5.43 Å². The Kier molecular flexibility index (Phi) is 10.7. The highest BCUT2D eigenvalue weighted by molar-refractivity contribution is 5.95. The molecule has 0 amide bonds. The van der Waals surface area contributed by atoms with Crippen molar-refractivity contribution in [2.24, 2.45) is 0 Å². The van der Waals surface area contributed by atoms with Crippen LogP contribution in [0, 0.1) is 0 Å². The van der Waals surface area contributed by atoms with Gasteiger partial charge < -0.3 is 14.8 Å². The summed E-state index contributed by atoms with van der Waals surface area (Å²) in [7, 11) is 0. The largest absolute Gasteiger partial charge is 0.503 e. The normalized spacial score (nSPS) is 11.0. The average Bonchev–Trinajstić information content (AvgIpc) is 2.60. The van der Waals surface area contributed by atoms with E-state index in [2.05, 4.69) is 6.92 Å². The predicted molar refractivity (Wildman–Crippen MR) is 105 cm³/mol. The molecule has 0 aromatic carbocycles. The Hall–Kier alpha value is -1.78. The lowest BCUT2D eigenvalue weighted by Crippen LogP contribution is -2.16. The van der Waals surface area contributed by atoms with Gasteiger partial charge in [0.1, 0.15) is 5.69 Å². The van der Waals surface area contributed by atoms with E-state index in [-0.39, 0.29) is 11.5 Å². The van der Waals surface area contributed by atoms with Crippen LogP contribution in [0.15, 0.2) is 11.0 Å². The van der Waals surface area contributed by atoms with Gasteiger partial charge in [0, 0.05) is 13.5 Å². The van der Waals surface area contributed by atoms with Gasteiger partial charge >= 0.3 is 0 Å². The molecular formula is C21H35NO4. The van der Waals surface area contributed by atoms with Crippen molar-refractivity contribution < 1.29 is 15.0 Å². The monoisotopic (exact) mass is 365 g/mol. The molecule has 1 heterocycles. The Balaban J connectivity index is 2.22. The second-order valence-electron chi connectivity index (χ2n) is 7.18. The van der Waals surface area contributed by atoms with Crippen molar-refractivity contribution in [2.75, 3.05) is 0 Å². The van der Waals surface area contributed by atoms with Crippen LogP contribution >= 0.6 is 0 Å². The molecule has 1 aromatic heterocycles. The molecule has 0 aliphatic rings. The fraction of sp³-hybridized carbons (Fsp3) is 0.714. The maximum absolute atomic E-state index is 11.7. The summed E-state index contributed by atoms with van der Waals surface area (Å²) in [6, 6.07) is 0. The highest BCUT2D eigenvalue weighted by Crippen LogP contribution is 2.18. The van der Waals surface area contributed by atoms with Gasteiger partial charge in [-0.3, -0.25) is 9.59 Å². The molecule has 0 fully saturated rings. The molecule has 2 N–H and O–H groups in total. The first-order valence-corrected chi connectivity index (χ1v) is 10.1. The number of rotatable bonds is 14. The lowest BCUT2D eigenvalue weighted by molar-refractivity contribution is 0.1000. The summed E-state index contributed by atoms with van der Waals surface area (Å²) >= 11 is 0. The van der Waals surface area contributed by atoms with Crippen LogP contribution in [-0.2, 0) is 6.54 Å². The summed E-state index contributed by atoms with van der Waals surface area (Å²) in [5.41, 5.74) is -0.906.